The van der Waals surface area contributed by atoms with Crippen LogP contribution in [0.15, 0.2) is 48.7 Å². The number of halogens is 4. The van der Waals surface area contributed by atoms with Crippen LogP contribution in [0.25, 0.3) is 10.9 Å². The Bertz CT molecular complexity index is 924. The molecule has 0 fully saturated rings. The van der Waals surface area contributed by atoms with Gasteiger partial charge in [0.1, 0.15) is 5.75 Å². The van der Waals surface area contributed by atoms with Gasteiger partial charge in [0.15, 0.2) is 6.61 Å². The molecule has 0 aliphatic rings. The maximum absolute atomic E-state index is 13.0. The van der Waals surface area contributed by atoms with E-state index < -0.39 is 19.0 Å². The summed E-state index contributed by atoms with van der Waals surface area (Å²) >= 11 is 0. The molecule has 0 aliphatic heterocycles. The molecule has 0 amide bonds. The fourth-order valence-electron chi connectivity index (χ4n) is 2.94. The van der Waals surface area contributed by atoms with Crippen LogP contribution in [0.4, 0.5) is 17.6 Å². The fourth-order valence-corrected chi connectivity index (χ4v) is 2.94. The monoisotopic (exact) mass is 394 g/mol. The average molecular weight is 394 g/mol. The standard InChI is InChI=1S/C21H22F4N2O/c1-14-5-6-19-18(9-14)16(12-27-19)7-8-26-11-15-3-2-4-17(10-15)28-13-21(24,25)20(22)23/h2-6,9-10,12,20,26-27H,7-8,11,13H2,1H3. The summed E-state index contributed by atoms with van der Waals surface area (Å²) in [7, 11) is 0. The summed E-state index contributed by atoms with van der Waals surface area (Å²) in [5, 5.41) is 4.51. The second-order valence-corrected chi connectivity index (χ2v) is 6.79. The van der Waals surface area contributed by atoms with Crippen molar-refractivity contribution in [3.8, 4) is 5.75 Å². The van der Waals surface area contributed by atoms with E-state index >= 15 is 0 Å². The molecule has 1 aromatic heterocycles. The van der Waals surface area contributed by atoms with Gasteiger partial charge in [0.05, 0.1) is 0 Å². The van der Waals surface area contributed by atoms with E-state index in [1.807, 2.05) is 12.3 Å². The lowest BCUT2D eigenvalue weighted by atomic mass is 10.1. The van der Waals surface area contributed by atoms with E-state index in [0.717, 1.165) is 24.0 Å². The summed E-state index contributed by atoms with van der Waals surface area (Å²) in [4.78, 5) is 3.26. The Kier molecular flexibility index (Phi) is 6.24. The minimum Gasteiger partial charge on any atom is -0.487 e. The van der Waals surface area contributed by atoms with Crippen molar-refractivity contribution >= 4 is 10.9 Å². The molecule has 7 heteroatoms. The molecule has 0 spiro atoms. The van der Waals surface area contributed by atoms with Crippen LogP contribution < -0.4 is 10.1 Å². The normalized spacial score (nSPS) is 12.1. The lowest BCUT2D eigenvalue weighted by Crippen LogP contribution is -2.33. The minimum atomic E-state index is -4.16. The number of alkyl halides is 4. The van der Waals surface area contributed by atoms with E-state index in [1.165, 1.54) is 22.6 Å². The average Bonchev–Trinajstić information content (AvgIpc) is 3.06. The smallest absolute Gasteiger partial charge is 0.340 e. The highest BCUT2D eigenvalue weighted by Gasteiger charge is 2.41. The van der Waals surface area contributed by atoms with Crippen molar-refractivity contribution in [2.45, 2.75) is 32.2 Å². The second kappa shape index (κ2) is 8.65. The van der Waals surface area contributed by atoms with Crippen molar-refractivity contribution in [1.29, 1.82) is 0 Å². The quantitative estimate of drug-likeness (QED) is 0.392. The predicted molar refractivity (Wildman–Crippen MR) is 101 cm³/mol. The Morgan fingerprint density at radius 2 is 1.96 bits per heavy atom. The number of fused-ring (bicyclic) bond motifs is 1. The van der Waals surface area contributed by atoms with Crippen LogP contribution >= 0.6 is 0 Å². The molecular weight excluding hydrogens is 372 g/mol. The van der Waals surface area contributed by atoms with Gasteiger partial charge < -0.3 is 15.0 Å². The molecule has 0 saturated heterocycles. The maximum atomic E-state index is 13.0. The number of ether oxygens (including phenoxy) is 1. The summed E-state index contributed by atoms with van der Waals surface area (Å²) in [6.45, 7) is 1.96. The van der Waals surface area contributed by atoms with Crippen LogP contribution in [0.1, 0.15) is 16.7 Å². The Balaban J connectivity index is 1.50. The first-order valence-electron chi connectivity index (χ1n) is 9.00. The van der Waals surface area contributed by atoms with Gasteiger partial charge in [0.2, 0.25) is 0 Å². The molecule has 3 aromatic rings. The molecule has 3 rings (SSSR count). The van der Waals surface area contributed by atoms with E-state index in [0.29, 0.717) is 6.54 Å². The van der Waals surface area contributed by atoms with Crippen LogP contribution in [-0.4, -0.2) is 30.5 Å². The molecule has 3 nitrogen and oxygen atoms in total. The van der Waals surface area contributed by atoms with E-state index in [-0.39, 0.29) is 5.75 Å². The number of nitrogens with one attached hydrogen (secondary N) is 2. The highest BCUT2D eigenvalue weighted by atomic mass is 19.3. The first kappa shape index (κ1) is 20.2. The zero-order chi connectivity index (χ0) is 20.1. The molecule has 28 heavy (non-hydrogen) atoms. The zero-order valence-corrected chi connectivity index (χ0v) is 15.4. The molecule has 0 saturated carbocycles. The first-order chi connectivity index (χ1) is 13.3. The molecule has 0 unspecified atom stereocenters. The van der Waals surface area contributed by atoms with Gasteiger partial charge >= 0.3 is 12.3 Å². The first-order valence-corrected chi connectivity index (χ1v) is 9.00. The number of benzene rings is 2. The van der Waals surface area contributed by atoms with Crippen LogP contribution in [0, 0.1) is 6.92 Å². The van der Waals surface area contributed by atoms with Gasteiger partial charge in [0, 0.05) is 23.6 Å². The molecule has 0 bridgehead atoms. The van der Waals surface area contributed by atoms with Gasteiger partial charge in [-0.15, -0.1) is 0 Å². The molecule has 0 radical (unpaired) electrons. The highest BCUT2D eigenvalue weighted by molar-refractivity contribution is 5.83. The number of aryl methyl sites for hydroxylation is 1. The molecular formula is C21H22F4N2O. The summed E-state index contributed by atoms with van der Waals surface area (Å²) in [6, 6.07) is 12.8. The van der Waals surface area contributed by atoms with Gasteiger partial charge in [-0.1, -0.05) is 23.8 Å². The Morgan fingerprint density at radius 1 is 1.14 bits per heavy atom. The van der Waals surface area contributed by atoms with Gasteiger partial charge in [-0.25, -0.2) is 8.78 Å². The SMILES string of the molecule is Cc1ccc2[nH]cc(CCNCc3cccc(OCC(F)(F)C(F)F)c3)c2c1. The largest absolute Gasteiger partial charge is 0.487 e. The number of hydrogen-bond acceptors (Lipinski definition) is 2. The number of H-pyrrole nitrogens is 1. The second-order valence-electron chi connectivity index (χ2n) is 6.79. The predicted octanol–water partition coefficient (Wildman–Crippen LogP) is 5.09. The van der Waals surface area contributed by atoms with E-state index in [1.54, 1.807) is 12.1 Å². The Hall–Kier alpha value is -2.54. The van der Waals surface area contributed by atoms with Gasteiger partial charge in [-0.05, 0) is 55.3 Å². The summed E-state index contributed by atoms with van der Waals surface area (Å²) < 4.78 is 55.1. The number of aromatic amines is 1. The lowest BCUT2D eigenvalue weighted by molar-refractivity contribution is -0.148. The Labute approximate surface area is 160 Å². The number of hydrogen-bond donors (Lipinski definition) is 2. The van der Waals surface area contributed by atoms with Crippen molar-refractivity contribution in [3.63, 3.8) is 0 Å². The van der Waals surface area contributed by atoms with Crippen LogP contribution in [0.5, 0.6) is 5.75 Å². The summed E-state index contributed by atoms with van der Waals surface area (Å²) in [5.41, 5.74) is 4.35. The number of aromatic nitrogens is 1. The van der Waals surface area contributed by atoms with E-state index in [4.69, 9.17) is 4.74 Å². The third-order valence-corrected chi connectivity index (χ3v) is 4.47. The van der Waals surface area contributed by atoms with Gasteiger partial charge in [-0.3, -0.25) is 0 Å². The number of rotatable bonds is 9. The molecule has 2 N–H and O–H groups in total. The van der Waals surface area contributed by atoms with Crippen molar-refractivity contribution in [2.75, 3.05) is 13.2 Å². The third kappa shape index (κ3) is 5.04. The molecule has 0 atom stereocenters. The third-order valence-electron chi connectivity index (χ3n) is 4.47. The summed E-state index contributed by atoms with van der Waals surface area (Å²) in [5.74, 6) is -4.02. The van der Waals surface area contributed by atoms with Crippen molar-refractivity contribution in [2.24, 2.45) is 0 Å². The molecule has 1 heterocycles. The van der Waals surface area contributed by atoms with Crippen LogP contribution in [-0.2, 0) is 13.0 Å². The van der Waals surface area contributed by atoms with E-state index in [9.17, 15) is 17.6 Å². The van der Waals surface area contributed by atoms with Crippen LogP contribution in [0.2, 0.25) is 0 Å². The molecule has 0 aliphatic carbocycles. The van der Waals surface area contributed by atoms with Crippen molar-refractivity contribution < 1.29 is 22.3 Å². The fraction of sp³-hybridized carbons (Fsp3) is 0.333. The lowest BCUT2D eigenvalue weighted by Gasteiger charge is -2.16. The van der Waals surface area contributed by atoms with Gasteiger partial charge in [-0.2, -0.15) is 8.78 Å². The van der Waals surface area contributed by atoms with Gasteiger partial charge in [0.25, 0.3) is 0 Å². The maximum Gasteiger partial charge on any atom is 0.340 e. The molecule has 150 valence electrons. The molecule has 2 aromatic carbocycles. The minimum absolute atomic E-state index is 0.145. The highest BCUT2D eigenvalue weighted by Crippen LogP contribution is 2.24. The summed E-state index contributed by atoms with van der Waals surface area (Å²) in [6.07, 6.45) is -0.908. The zero-order valence-electron chi connectivity index (χ0n) is 15.4. The van der Waals surface area contributed by atoms with E-state index in [2.05, 4.69) is 35.4 Å². The Morgan fingerprint density at radius 3 is 2.75 bits per heavy atom. The van der Waals surface area contributed by atoms with Crippen LogP contribution in [0.3, 0.4) is 0 Å². The van der Waals surface area contributed by atoms with Crippen molar-refractivity contribution in [1.82, 2.24) is 10.3 Å². The topological polar surface area (TPSA) is 37.0 Å². The van der Waals surface area contributed by atoms with Crippen molar-refractivity contribution in [3.05, 3.63) is 65.4 Å².